The average Bonchev–Trinajstić information content (AvgIpc) is 2.60. The Bertz CT molecular complexity index is 672. The van der Waals surface area contributed by atoms with E-state index in [9.17, 15) is 4.79 Å². The highest BCUT2D eigenvalue weighted by atomic mass is 16.5. The number of carbonyl (C=O) groups excluding carboxylic acids is 1. The first-order valence-electron chi connectivity index (χ1n) is 7.94. The van der Waals surface area contributed by atoms with Crippen LogP contribution < -0.4 is 19.5 Å². The third-order valence-corrected chi connectivity index (χ3v) is 3.46. The van der Waals surface area contributed by atoms with E-state index in [-0.39, 0.29) is 18.6 Å². The third kappa shape index (κ3) is 5.19. The number of benzene rings is 2. The van der Waals surface area contributed by atoms with Crippen molar-refractivity contribution < 1.29 is 19.0 Å². The van der Waals surface area contributed by atoms with Crippen LogP contribution in [0.3, 0.4) is 0 Å². The van der Waals surface area contributed by atoms with Gasteiger partial charge in [0.25, 0.3) is 5.91 Å². The highest BCUT2D eigenvalue weighted by Crippen LogP contribution is 2.25. The standard InChI is InChI=1S/C19H23NO4/c1-4-14(2)24-16-9-7-8-15(12-16)20-19(21)13-23-18-11-6-5-10-17(18)22-3/h5-12,14H,4,13H2,1-3H3,(H,20,21). The second-order valence-electron chi connectivity index (χ2n) is 5.35. The van der Waals surface area contributed by atoms with Crippen molar-refractivity contribution in [3.8, 4) is 17.2 Å². The van der Waals surface area contributed by atoms with Crippen molar-refractivity contribution >= 4 is 11.6 Å². The van der Waals surface area contributed by atoms with Crippen LogP contribution in [0.2, 0.25) is 0 Å². The summed E-state index contributed by atoms with van der Waals surface area (Å²) in [5, 5.41) is 2.80. The maximum atomic E-state index is 12.1. The molecule has 0 aliphatic heterocycles. The van der Waals surface area contributed by atoms with Gasteiger partial charge in [-0.15, -0.1) is 0 Å². The number of amides is 1. The molecule has 1 N–H and O–H groups in total. The average molecular weight is 329 g/mol. The Morgan fingerprint density at radius 2 is 1.88 bits per heavy atom. The van der Waals surface area contributed by atoms with Gasteiger partial charge in [-0.1, -0.05) is 25.1 Å². The first-order chi connectivity index (χ1) is 11.6. The Morgan fingerprint density at radius 3 is 2.58 bits per heavy atom. The van der Waals surface area contributed by atoms with Gasteiger partial charge in [0, 0.05) is 11.8 Å². The molecule has 0 saturated carbocycles. The van der Waals surface area contributed by atoms with E-state index in [1.807, 2.05) is 37.3 Å². The van der Waals surface area contributed by atoms with Crippen molar-refractivity contribution in [3.05, 3.63) is 48.5 Å². The lowest BCUT2D eigenvalue weighted by atomic mass is 10.2. The summed E-state index contributed by atoms with van der Waals surface area (Å²) in [7, 11) is 1.56. The Hall–Kier alpha value is -2.69. The largest absolute Gasteiger partial charge is 0.493 e. The van der Waals surface area contributed by atoms with E-state index < -0.39 is 0 Å². The third-order valence-electron chi connectivity index (χ3n) is 3.46. The molecular formula is C19H23NO4. The predicted octanol–water partition coefficient (Wildman–Crippen LogP) is 3.89. The predicted molar refractivity (Wildman–Crippen MR) is 93.9 cm³/mol. The fourth-order valence-corrected chi connectivity index (χ4v) is 2.04. The molecule has 1 atom stereocenters. The number of para-hydroxylation sites is 2. The zero-order valence-electron chi connectivity index (χ0n) is 14.2. The molecule has 0 heterocycles. The van der Waals surface area contributed by atoms with Crippen molar-refractivity contribution in [2.75, 3.05) is 19.0 Å². The van der Waals surface area contributed by atoms with Gasteiger partial charge in [0.15, 0.2) is 18.1 Å². The van der Waals surface area contributed by atoms with E-state index in [2.05, 4.69) is 12.2 Å². The highest BCUT2D eigenvalue weighted by molar-refractivity contribution is 5.92. The summed E-state index contributed by atoms with van der Waals surface area (Å²) in [5.74, 6) is 1.60. The van der Waals surface area contributed by atoms with Crippen LogP contribution in [0.4, 0.5) is 5.69 Å². The van der Waals surface area contributed by atoms with Gasteiger partial charge in [0.2, 0.25) is 0 Å². The van der Waals surface area contributed by atoms with Gasteiger partial charge in [-0.3, -0.25) is 4.79 Å². The minimum atomic E-state index is -0.249. The molecular weight excluding hydrogens is 306 g/mol. The van der Waals surface area contributed by atoms with Gasteiger partial charge in [-0.2, -0.15) is 0 Å². The summed E-state index contributed by atoms with van der Waals surface area (Å²) >= 11 is 0. The number of ether oxygens (including phenoxy) is 3. The summed E-state index contributed by atoms with van der Waals surface area (Å²) in [4.78, 5) is 12.1. The molecule has 0 aromatic heterocycles. The monoisotopic (exact) mass is 329 g/mol. The van der Waals surface area contributed by atoms with E-state index in [1.54, 1.807) is 25.3 Å². The number of anilines is 1. The molecule has 2 aromatic rings. The number of rotatable bonds is 8. The van der Waals surface area contributed by atoms with Crippen molar-refractivity contribution in [1.82, 2.24) is 0 Å². The van der Waals surface area contributed by atoms with Gasteiger partial charge in [-0.25, -0.2) is 0 Å². The van der Waals surface area contributed by atoms with Gasteiger partial charge >= 0.3 is 0 Å². The molecule has 2 aromatic carbocycles. The first-order valence-corrected chi connectivity index (χ1v) is 7.94. The second kappa shape index (κ2) is 8.82. The lowest BCUT2D eigenvalue weighted by molar-refractivity contribution is -0.118. The van der Waals surface area contributed by atoms with Gasteiger partial charge in [0.1, 0.15) is 5.75 Å². The Labute approximate surface area is 142 Å². The summed E-state index contributed by atoms with van der Waals surface area (Å²) in [6, 6.07) is 14.5. The quantitative estimate of drug-likeness (QED) is 0.798. The lowest BCUT2D eigenvalue weighted by Crippen LogP contribution is -2.20. The van der Waals surface area contributed by atoms with Crippen molar-refractivity contribution in [1.29, 1.82) is 0 Å². The van der Waals surface area contributed by atoms with Gasteiger partial charge < -0.3 is 19.5 Å². The second-order valence-corrected chi connectivity index (χ2v) is 5.35. The number of hydrogen-bond donors (Lipinski definition) is 1. The summed E-state index contributed by atoms with van der Waals surface area (Å²) < 4.78 is 16.4. The maximum Gasteiger partial charge on any atom is 0.262 e. The first kappa shape index (κ1) is 17.7. The van der Waals surface area contributed by atoms with Crippen LogP contribution in [0.1, 0.15) is 20.3 Å². The minimum Gasteiger partial charge on any atom is -0.493 e. The van der Waals surface area contributed by atoms with E-state index in [0.717, 1.165) is 12.2 Å². The number of methoxy groups -OCH3 is 1. The smallest absolute Gasteiger partial charge is 0.262 e. The van der Waals surface area contributed by atoms with E-state index in [0.29, 0.717) is 17.2 Å². The molecule has 0 spiro atoms. The maximum absolute atomic E-state index is 12.1. The summed E-state index contributed by atoms with van der Waals surface area (Å²) in [5.41, 5.74) is 0.671. The lowest BCUT2D eigenvalue weighted by Gasteiger charge is -2.14. The molecule has 0 fully saturated rings. The van der Waals surface area contributed by atoms with Crippen molar-refractivity contribution in [3.63, 3.8) is 0 Å². The number of carbonyl (C=O) groups is 1. The molecule has 0 aliphatic carbocycles. The van der Waals surface area contributed by atoms with Crippen LogP contribution in [-0.2, 0) is 4.79 Å². The fraction of sp³-hybridized carbons (Fsp3) is 0.316. The zero-order chi connectivity index (χ0) is 17.4. The Balaban J connectivity index is 1.91. The molecule has 128 valence electrons. The summed E-state index contributed by atoms with van der Waals surface area (Å²) in [6.45, 7) is 3.97. The zero-order valence-corrected chi connectivity index (χ0v) is 14.2. The van der Waals surface area contributed by atoms with Crippen LogP contribution in [0.5, 0.6) is 17.2 Å². The molecule has 0 radical (unpaired) electrons. The Kier molecular flexibility index (Phi) is 6.49. The molecule has 2 rings (SSSR count). The van der Waals surface area contributed by atoms with Crippen molar-refractivity contribution in [2.45, 2.75) is 26.4 Å². The van der Waals surface area contributed by atoms with Crippen LogP contribution in [0.25, 0.3) is 0 Å². The van der Waals surface area contributed by atoms with Crippen LogP contribution in [-0.4, -0.2) is 25.7 Å². The van der Waals surface area contributed by atoms with Crippen molar-refractivity contribution in [2.24, 2.45) is 0 Å². The summed E-state index contributed by atoms with van der Waals surface area (Å²) in [6.07, 6.45) is 1.05. The number of nitrogens with one attached hydrogen (secondary N) is 1. The molecule has 0 saturated heterocycles. The molecule has 24 heavy (non-hydrogen) atoms. The molecule has 1 unspecified atom stereocenters. The number of hydrogen-bond acceptors (Lipinski definition) is 4. The van der Waals surface area contributed by atoms with Gasteiger partial charge in [-0.05, 0) is 37.6 Å². The fourth-order valence-electron chi connectivity index (χ4n) is 2.04. The Morgan fingerprint density at radius 1 is 1.12 bits per heavy atom. The van der Waals surface area contributed by atoms with E-state index in [4.69, 9.17) is 14.2 Å². The highest BCUT2D eigenvalue weighted by Gasteiger charge is 2.08. The van der Waals surface area contributed by atoms with Crippen LogP contribution in [0.15, 0.2) is 48.5 Å². The molecule has 5 heteroatoms. The van der Waals surface area contributed by atoms with E-state index in [1.165, 1.54) is 0 Å². The normalized spacial score (nSPS) is 11.5. The molecule has 0 bridgehead atoms. The SMILES string of the molecule is CCC(C)Oc1cccc(NC(=O)COc2ccccc2OC)c1. The topological polar surface area (TPSA) is 56.8 Å². The van der Waals surface area contributed by atoms with Crippen LogP contribution >= 0.6 is 0 Å². The molecule has 5 nitrogen and oxygen atoms in total. The van der Waals surface area contributed by atoms with E-state index >= 15 is 0 Å². The minimum absolute atomic E-state index is 0.100. The molecule has 1 amide bonds. The molecule has 0 aliphatic rings. The van der Waals surface area contributed by atoms with Crippen LogP contribution in [0, 0.1) is 0 Å². The van der Waals surface area contributed by atoms with Gasteiger partial charge in [0.05, 0.1) is 13.2 Å².